The predicted molar refractivity (Wildman–Crippen MR) is 76.7 cm³/mol. The van der Waals surface area contributed by atoms with Crippen LogP contribution in [0.25, 0.3) is 21.5 Å². The molecular weight excluding hydrogens is 250 g/mol. The Hall–Kier alpha value is -2.88. The third-order valence-corrected chi connectivity index (χ3v) is 3.20. The highest BCUT2D eigenvalue weighted by Gasteiger charge is 2.03. The van der Waals surface area contributed by atoms with Gasteiger partial charge in [0.25, 0.3) is 5.88 Å². The van der Waals surface area contributed by atoms with E-state index in [4.69, 9.17) is 4.74 Å². The van der Waals surface area contributed by atoms with Crippen molar-refractivity contribution in [2.75, 3.05) is 0 Å². The number of hydrogen-bond acceptors (Lipinski definition) is 3. The summed E-state index contributed by atoms with van der Waals surface area (Å²) >= 11 is 0. The van der Waals surface area contributed by atoms with Gasteiger partial charge in [0.15, 0.2) is 0 Å². The first-order valence-corrected chi connectivity index (χ1v) is 6.28. The third-order valence-electron chi connectivity index (χ3n) is 3.20. The highest BCUT2D eigenvalue weighted by Crippen LogP contribution is 2.27. The average Bonchev–Trinajstić information content (AvgIpc) is 2.98. The smallest absolute Gasteiger partial charge is 0.258 e. The van der Waals surface area contributed by atoms with Crippen LogP contribution in [0.4, 0.5) is 0 Å². The quantitative estimate of drug-likeness (QED) is 0.559. The van der Waals surface area contributed by atoms with Gasteiger partial charge in [-0.3, -0.25) is 5.10 Å². The molecule has 1 N–H and O–H groups in total. The van der Waals surface area contributed by atoms with E-state index in [1.54, 1.807) is 6.20 Å². The van der Waals surface area contributed by atoms with Crippen LogP contribution in [0.1, 0.15) is 0 Å². The second-order valence-corrected chi connectivity index (χ2v) is 4.52. The van der Waals surface area contributed by atoms with Crippen molar-refractivity contribution in [2.45, 2.75) is 0 Å². The zero-order chi connectivity index (χ0) is 13.4. The summed E-state index contributed by atoms with van der Waals surface area (Å²) in [6.45, 7) is 0. The van der Waals surface area contributed by atoms with Gasteiger partial charge < -0.3 is 4.74 Å². The van der Waals surface area contributed by atoms with E-state index in [1.807, 2.05) is 24.3 Å². The Kier molecular flexibility index (Phi) is 2.39. The number of H-pyrrole nitrogens is 1. The molecule has 0 saturated heterocycles. The van der Waals surface area contributed by atoms with Crippen molar-refractivity contribution in [3.63, 3.8) is 0 Å². The fourth-order valence-corrected chi connectivity index (χ4v) is 2.26. The SMILES string of the molecule is [c]1c(Oc2c[nH]nn2)ccc2cc3ccccc3cc12. The Labute approximate surface area is 115 Å². The first-order valence-electron chi connectivity index (χ1n) is 6.28. The average molecular weight is 260 g/mol. The van der Waals surface area contributed by atoms with Crippen LogP contribution in [0.3, 0.4) is 0 Å². The molecule has 4 heteroatoms. The van der Waals surface area contributed by atoms with Crippen LogP contribution < -0.4 is 4.74 Å². The summed E-state index contributed by atoms with van der Waals surface area (Å²) in [7, 11) is 0. The lowest BCUT2D eigenvalue weighted by molar-refractivity contribution is 0.461. The topological polar surface area (TPSA) is 50.8 Å². The van der Waals surface area contributed by atoms with E-state index in [9.17, 15) is 0 Å². The normalized spacial score (nSPS) is 11.0. The predicted octanol–water partition coefficient (Wildman–Crippen LogP) is 3.70. The van der Waals surface area contributed by atoms with E-state index < -0.39 is 0 Å². The van der Waals surface area contributed by atoms with Crippen LogP contribution in [-0.2, 0) is 0 Å². The van der Waals surface area contributed by atoms with Crippen molar-refractivity contribution in [1.82, 2.24) is 15.4 Å². The monoisotopic (exact) mass is 260 g/mol. The summed E-state index contributed by atoms with van der Waals surface area (Å²) in [5.74, 6) is 1.06. The maximum atomic E-state index is 5.58. The molecule has 0 amide bonds. The highest BCUT2D eigenvalue weighted by atomic mass is 16.5. The van der Waals surface area contributed by atoms with E-state index in [0.717, 1.165) is 10.8 Å². The molecule has 0 fully saturated rings. The van der Waals surface area contributed by atoms with Gasteiger partial charge >= 0.3 is 0 Å². The van der Waals surface area contributed by atoms with Gasteiger partial charge in [-0.15, -0.1) is 0 Å². The minimum Gasteiger partial charge on any atom is -0.436 e. The first kappa shape index (κ1) is 11.0. The number of rotatable bonds is 2. The number of nitrogens with one attached hydrogen (secondary N) is 1. The molecule has 20 heavy (non-hydrogen) atoms. The number of benzene rings is 3. The van der Waals surface area contributed by atoms with Crippen LogP contribution in [0.2, 0.25) is 0 Å². The Morgan fingerprint density at radius 2 is 1.80 bits per heavy atom. The fourth-order valence-electron chi connectivity index (χ4n) is 2.26. The van der Waals surface area contributed by atoms with Gasteiger partial charge in [0.05, 0.1) is 6.20 Å². The molecule has 4 aromatic rings. The third kappa shape index (κ3) is 1.87. The lowest BCUT2D eigenvalue weighted by Gasteiger charge is -2.05. The molecular formula is C16H10N3O. The number of aromatic amines is 1. The van der Waals surface area contributed by atoms with Gasteiger partial charge in [-0.2, -0.15) is 0 Å². The van der Waals surface area contributed by atoms with Crippen LogP contribution in [0.15, 0.2) is 54.7 Å². The standard InChI is InChI=1S/C16H10N3O/c1-2-4-12-8-14-9-15(20-16-10-17-19-18-16)6-5-13(14)7-11(12)3-1/h1-8,10H,(H,17,18,19). The summed E-state index contributed by atoms with van der Waals surface area (Å²) in [5, 5.41) is 14.6. The van der Waals surface area contributed by atoms with Crippen molar-refractivity contribution in [3.05, 3.63) is 60.8 Å². The Balaban J connectivity index is 1.83. The zero-order valence-electron chi connectivity index (χ0n) is 10.5. The van der Waals surface area contributed by atoms with Crippen molar-refractivity contribution in [2.24, 2.45) is 0 Å². The van der Waals surface area contributed by atoms with Crippen molar-refractivity contribution >= 4 is 21.5 Å². The molecule has 0 aliphatic carbocycles. The molecule has 1 heterocycles. The molecule has 0 spiro atoms. The van der Waals surface area contributed by atoms with Gasteiger partial charge in [0.1, 0.15) is 5.75 Å². The van der Waals surface area contributed by atoms with Crippen LogP contribution in [0.5, 0.6) is 11.6 Å². The molecule has 95 valence electrons. The van der Waals surface area contributed by atoms with Gasteiger partial charge in [-0.25, -0.2) is 0 Å². The van der Waals surface area contributed by atoms with Crippen molar-refractivity contribution in [1.29, 1.82) is 0 Å². The Bertz CT molecular complexity index is 885. The maximum Gasteiger partial charge on any atom is 0.258 e. The van der Waals surface area contributed by atoms with Gasteiger partial charge in [0.2, 0.25) is 0 Å². The molecule has 0 aliphatic rings. The van der Waals surface area contributed by atoms with E-state index in [2.05, 4.69) is 45.7 Å². The summed E-state index contributed by atoms with van der Waals surface area (Å²) in [4.78, 5) is 0. The Morgan fingerprint density at radius 3 is 2.60 bits per heavy atom. The molecule has 0 atom stereocenters. The van der Waals surface area contributed by atoms with Crippen molar-refractivity contribution in [3.8, 4) is 11.6 Å². The molecule has 0 bridgehead atoms. The number of fused-ring (bicyclic) bond motifs is 2. The number of nitrogens with zero attached hydrogens (tertiary/aromatic N) is 2. The van der Waals surface area contributed by atoms with Crippen LogP contribution in [0, 0.1) is 6.07 Å². The maximum absolute atomic E-state index is 5.58. The lowest BCUT2D eigenvalue weighted by atomic mass is 10.0. The van der Waals surface area contributed by atoms with Crippen LogP contribution >= 0.6 is 0 Å². The second-order valence-electron chi connectivity index (χ2n) is 4.52. The van der Waals surface area contributed by atoms with E-state index >= 15 is 0 Å². The molecule has 4 nitrogen and oxygen atoms in total. The summed E-state index contributed by atoms with van der Waals surface area (Å²) in [6.07, 6.45) is 1.60. The number of aromatic nitrogens is 3. The summed E-state index contributed by atoms with van der Waals surface area (Å²) in [6, 6.07) is 19.7. The fraction of sp³-hybridized carbons (Fsp3) is 0. The molecule has 1 aromatic heterocycles. The Morgan fingerprint density at radius 1 is 0.950 bits per heavy atom. The van der Waals surface area contributed by atoms with E-state index in [1.165, 1.54) is 10.8 Å². The van der Waals surface area contributed by atoms with E-state index in [0.29, 0.717) is 11.6 Å². The zero-order valence-corrected chi connectivity index (χ0v) is 10.5. The second kappa shape index (κ2) is 4.35. The molecule has 0 unspecified atom stereocenters. The van der Waals surface area contributed by atoms with Gasteiger partial charge in [0, 0.05) is 6.07 Å². The highest BCUT2D eigenvalue weighted by molar-refractivity contribution is 5.98. The minimum absolute atomic E-state index is 0.432. The molecule has 3 aromatic carbocycles. The molecule has 0 aliphatic heterocycles. The molecule has 1 radical (unpaired) electrons. The summed E-state index contributed by atoms with van der Waals surface area (Å²) < 4.78 is 5.58. The molecule has 0 saturated carbocycles. The summed E-state index contributed by atoms with van der Waals surface area (Å²) in [5.41, 5.74) is 0. The van der Waals surface area contributed by atoms with E-state index in [-0.39, 0.29) is 0 Å². The minimum atomic E-state index is 0.432. The van der Waals surface area contributed by atoms with Crippen LogP contribution in [-0.4, -0.2) is 15.4 Å². The van der Waals surface area contributed by atoms with Gasteiger partial charge in [-0.05, 0) is 39.7 Å². The largest absolute Gasteiger partial charge is 0.436 e. The number of ether oxygens (including phenoxy) is 1. The first-order chi connectivity index (χ1) is 9.88. The number of hydrogen-bond donors (Lipinski definition) is 1. The van der Waals surface area contributed by atoms with Gasteiger partial charge in [-0.1, -0.05) is 40.6 Å². The lowest BCUT2D eigenvalue weighted by Crippen LogP contribution is -1.85. The van der Waals surface area contributed by atoms with Crippen molar-refractivity contribution < 1.29 is 4.74 Å². The molecule has 4 rings (SSSR count).